The van der Waals surface area contributed by atoms with Crippen molar-refractivity contribution in [3.8, 4) is 0 Å². The Balaban J connectivity index is 1.51. The third-order valence-electron chi connectivity index (χ3n) is 8.33. The number of thiophene rings is 1. The Morgan fingerprint density at radius 3 is 2.47 bits per heavy atom. The second-order valence-electron chi connectivity index (χ2n) is 10.9. The number of fused-ring (bicyclic) bond motifs is 3. The van der Waals surface area contributed by atoms with Gasteiger partial charge in [0.25, 0.3) is 11.8 Å². The smallest absolute Gasteiger partial charge is 0.272 e. The Bertz CT molecular complexity index is 1430. The van der Waals surface area contributed by atoms with Crippen molar-refractivity contribution in [3.63, 3.8) is 0 Å². The van der Waals surface area contributed by atoms with E-state index < -0.39 is 5.54 Å². The molecule has 1 aliphatic heterocycles. The molecule has 6 heteroatoms. The van der Waals surface area contributed by atoms with E-state index in [0.717, 1.165) is 52.6 Å². The number of amides is 2. The molecule has 2 aromatic heterocycles. The predicted octanol–water partition coefficient (Wildman–Crippen LogP) is 6.79. The van der Waals surface area contributed by atoms with E-state index in [4.69, 9.17) is 0 Å². The summed E-state index contributed by atoms with van der Waals surface area (Å²) in [5, 5.41) is 6.52. The molecule has 0 radical (unpaired) electrons. The lowest BCUT2D eigenvalue weighted by Gasteiger charge is -2.47. The molecule has 1 N–H and O–H groups in total. The van der Waals surface area contributed by atoms with E-state index in [2.05, 4.69) is 35.0 Å². The molecule has 1 aliphatic carbocycles. The molecule has 3 heterocycles. The van der Waals surface area contributed by atoms with Gasteiger partial charge in [-0.15, -0.1) is 11.3 Å². The average Bonchev–Trinajstić information content (AvgIpc) is 3.55. The zero-order valence-corrected chi connectivity index (χ0v) is 22.8. The first-order valence-corrected chi connectivity index (χ1v) is 14.7. The lowest BCUT2D eigenvalue weighted by molar-refractivity contribution is -0.136. The minimum atomic E-state index is -1.16. The van der Waals surface area contributed by atoms with Crippen LogP contribution in [0.15, 0.2) is 72.1 Å². The van der Waals surface area contributed by atoms with Crippen LogP contribution in [0, 0.1) is 6.92 Å². The number of hydrogen-bond acceptors (Lipinski definition) is 3. The summed E-state index contributed by atoms with van der Waals surface area (Å²) in [4.78, 5) is 32.0. The van der Waals surface area contributed by atoms with Gasteiger partial charge in [0, 0.05) is 21.8 Å². The van der Waals surface area contributed by atoms with E-state index in [1.54, 1.807) is 11.3 Å². The van der Waals surface area contributed by atoms with Gasteiger partial charge >= 0.3 is 0 Å². The number of nitrogens with one attached hydrogen (secondary N) is 1. The topological polar surface area (TPSA) is 54.3 Å². The highest BCUT2D eigenvalue weighted by molar-refractivity contribution is 7.09. The Morgan fingerprint density at radius 2 is 1.74 bits per heavy atom. The first kappa shape index (κ1) is 24.9. The van der Waals surface area contributed by atoms with Gasteiger partial charge in [0.05, 0.1) is 13.1 Å². The van der Waals surface area contributed by atoms with Gasteiger partial charge in [-0.3, -0.25) is 9.59 Å². The normalized spacial score (nSPS) is 20.7. The van der Waals surface area contributed by atoms with Crippen molar-refractivity contribution < 1.29 is 9.59 Å². The summed E-state index contributed by atoms with van der Waals surface area (Å²) in [6.45, 7) is 2.85. The van der Waals surface area contributed by atoms with Crippen LogP contribution in [0.25, 0.3) is 10.9 Å². The highest BCUT2D eigenvalue weighted by Gasteiger charge is 2.52. The van der Waals surface area contributed by atoms with Crippen molar-refractivity contribution in [2.45, 2.75) is 76.5 Å². The zero-order valence-electron chi connectivity index (χ0n) is 22.0. The van der Waals surface area contributed by atoms with Gasteiger partial charge in [0.2, 0.25) is 0 Å². The Labute approximate surface area is 228 Å². The van der Waals surface area contributed by atoms with E-state index in [0.29, 0.717) is 18.8 Å². The van der Waals surface area contributed by atoms with Crippen molar-refractivity contribution in [1.29, 1.82) is 0 Å². The van der Waals surface area contributed by atoms with E-state index >= 15 is 0 Å². The van der Waals surface area contributed by atoms with Gasteiger partial charge < -0.3 is 14.8 Å². The summed E-state index contributed by atoms with van der Waals surface area (Å²) in [6.07, 6.45) is 7.97. The number of aryl methyl sites for hydroxylation is 1. The second-order valence-corrected chi connectivity index (χ2v) is 11.9. The van der Waals surface area contributed by atoms with Crippen LogP contribution in [0.4, 0.5) is 0 Å². The lowest BCUT2D eigenvalue weighted by atomic mass is 9.83. The molecule has 0 saturated heterocycles. The quantitative estimate of drug-likeness (QED) is 0.312. The number of rotatable bonds is 5. The molecule has 1 atom stereocenters. The maximum Gasteiger partial charge on any atom is 0.272 e. The van der Waals surface area contributed by atoms with Gasteiger partial charge in [-0.2, -0.15) is 0 Å². The third-order valence-corrected chi connectivity index (χ3v) is 9.19. The van der Waals surface area contributed by atoms with Crippen molar-refractivity contribution >= 4 is 34.1 Å². The van der Waals surface area contributed by atoms with E-state index in [1.165, 1.54) is 19.3 Å². The monoisotopic (exact) mass is 525 g/mol. The molecule has 5 nitrogen and oxygen atoms in total. The number of carbonyl (C=O) groups is 2. The van der Waals surface area contributed by atoms with Gasteiger partial charge in [0.1, 0.15) is 5.69 Å². The van der Waals surface area contributed by atoms with Crippen molar-refractivity contribution in [2.75, 3.05) is 0 Å². The fourth-order valence-electron chi connectivity index (χ4n) is 6.29. The highest BCUT2D eigenvalue weighted by atomic mass is 32.1. The fourth-order valence-corrected chi connectivity index (χ4v) is 6.99. The van der Waals surface area contributed by atoms with Gasteiger partial charge in [-0.25, -0.2) is 0 Å². The summed E-state index contributed by atoms with van der Waals surface area (Å²) in [6, 6.07) is 22.4. The molecular formula is C32H35N3O2S. The number of aromatic nitrogens is 1. The van der Waals surface area contributed by atoms with Crippen LogP contribution >= 0.6 is 11.3 Å². The molecule has 0 bridgehead atoms. The Hall–Kier alpha value is -3.38. The first-order chi connectivity index (χ1) is 18.6. The van der Waals surface area contributed by atoms with Crippen molar-refractivity contribution in [3.05, 3.63) is 93.8 Å². The minimum Gasteiger partial charge on any atom is -0.351 e. The average molecular weight is 526 g/mol. The third kappa shape index (κ3) is 4.45. The summed E-state index contributed by atoms with van der Waals surface area (Å²) in [5.74, 6) is -0.172. The highest BCUT2D eigenvalue weighted by Crippen LogP contribution is 2.41. The van der Waals surface area contributed by atoms with Crippen LogP contribution in [0.5, 0.6) is 0 Å². The molecule has 2 amide bonds. The largest absolute Gasteiger partial charge is 0.351 e. The molecule has 6 rings (SSSR count). The molecule has 2 aromatic carbocycles. The SMILES string of the molecule is Cc1ccc2cc3n(c2c1)CC(C(=O)NC1CCCCCCC1)(c1ccccc1)N(Cc1cccs1)C3=O. The Kier molecular flexibility index (Phi) is 6.83. The number of hydrogen-bond donors (Lipinski definition) is 1. The zero-order chi connectivity index (χ0) is 26.1. The maximum absolute atomic E-state index is 14.7. The molecular weight excluding hydrogens is 490 g/mol. The van der Waals surface area contributed by atoms with Gasteiger partial charge in [-0.1, -0.05) is 80.6 Å². The minimum absolute atomic E-state index is 0.0701. The molecule has 1 fully saturated rings. The van der Waals surface area contributed by atoms with Crippen LogP contribution in [-0.4, -0.2) is 27.3 Å². The molecule has 196 valence electrons. The second kappa shape index (κ2) is 10.4. The Morgan fingerprint density at radius 1 is 0.974 bits per heavy atom. The first-order valence-electron chi connectivity index (χ1n) is 13.9. The summed E-state index contributed by atoms with van der Waals surface area (Å²) >= 11 is 1.62. The van der Waals surface area contributed by atoms with E-state index in [9.17, 15) is 9.59 Å². The standard InChI is InChI=1S/C32H35N3O2S/c1-23-16-17-24-20-29-30(36)35(21-27-15-10-18-38-27)32(22-34(29)28(24)19-23,25-11-6-5-7-12-25)31(37)33-26-13-8-3-2-4-9-14-26/h5-7,10-12,15-20,26H,2-4,8-9,13-14,21-22H2,1H3,(H,33,37). The predicted molar refractivity (Wildman–Crippen MR) is 153 cm³/mol. The summed E-state index contributed by atoms with van der Waals surface area (Å²) < 4.78 is 2.08. The maximum atomic E-state index is 14.7. The van der Waals surface area contributed by atoms with Crippen LogP contribution in [0.2, 0.25) is 0 Å². The van der Waals surface area contributed by atoms with E-state index in [-0.39, 0.29) is 17.9 Å². The molecule has 1 unspecified atom stereocenters. The van der Waals surface area contributed by atoms with Crippen molar-refractivity contribution in [1.82, 2.24) is 14.8 Å². The fraction of sp³-hybridized carbons (Fsp3) is 0.375. The van der Waals surface area contributed by atoms with Crippen LogP contribution in [0.1, 0.15) is 71.4 Å². The van der Waals surface area contributed by atoms with Gasteiger partial charge in [-0.05, 0) is 54.5 Å². The number of nitrogens with zero attached hydrogens (tertiary/aromatic N) is 2. The molecule has 0 spiro atoms. The van der Waals surface area contributed by atoms with Crippen LogP contribution in [0.3, 0.4) is 0 Å². The van der Waals surface area contributed by atoms with Crippen LogP contribution < -0.4 is 5.32 Å². The lowest BCUT2D eigenvalue weighted by Crippen LogP contribution is -2.63. The number of benzene rings is 2. The summed E-state index contributed by atoms with van der Waals surface area (Å²) in [5.41, 5.74) is 2.48. The van der Waals surface area contributed by atoms with E-state index in [1.807, 2.05) is 58.8 Å². The molecule has 1 saturated carbocycles. The molecule has 38 heavy (non-hydrogen) atoms. The van der Waals surface area contributed by atoms with Gasteiger partial charge in [0.15, 0.2) is 5.54 Å². The summed E-state index contributed by atoms with van der Waals surface area (Å²) in [7, 11) is 0. The molecule has 2 aliphatic rings. The number of carbonyl (C=O) groups excluding carboxylic acids is 2. The van der Waals surface area contributed by atoms with Crippen molar-refractivity contribution in [2.24, 2.45) is 0 Å². The molecule has 4 aromatic rings. The van der Waals surface area contributed by atoms with Crippen LogP contribution in [-0.2, 0) is 23.4 Å².